The molecule has 0 aliphatic carbocycles. The van der Waals surface area contributed by atoms with E-state index in [1.807, 2.05) is 18.2 Å². The average molecular weight is 282 g/mol. The molecule has 1 unspecified atom stereocenters. The van der Waals surface area contributed by atoms with Gasteiger partial charge in [-0.1, -0.05) is 23.2 Å². The Morgan fingerprint density at radius 3 is 2.88 bits per heavy atom. The molecular formula is C11H15Cl3N2. The van der Waals surface area contributed by atoms with Crippen molar-refractivity contribution in [3.05, 3.63) is 33.8 Å². The van der Waals surface area contributed by atoms with Crippen molar-refractivity contribution in [2.24, 2.45) is 0 Å². The van der Waals surface area contributed by atoms with Crippen LogP contribution in [-0.2, 0) is 6.54 Å². The van der Waals surface area contributed by atoms with Gasteiger partial charge >= 0.3 is 0 Å². The number of hydrogen-bond donors (Lipinski definition) is 2. The molecule has 16 heavy (non-hydrogen) atoms. The molecular weight excluding hydrogens is 266 g/mol. The van der Waals surface area contributed by atoms with Crippen LogP contribution in [0.3, 0.4) is 0 Å². The highest BCUT2D eigenvalue weighted by atomic mass is 35.5. The monoisotopic (exact) mass is 280 g/mol. The minimum Gasteiger partial charge on any atom is -0.315 e. The van der Waals surface area contributed by atoms with Gasteiger partial charge in [-0.2, -0.15) is 0 Å². The zero-order valence-electron chi connectivity index (χ0n) is 8.80. The summed E-state index contributed by atoms with van der Waals surface area (Å²) in [7, 11) is 0. The lowest BCUT2D eigenvalue weighted by Gasteiger charge is -2.12. The minimum absolute atomic E-state index is 0. The van der Waals surface area contributed by atoms with Gasteiger partial charge in [0.15, 0.2) is 0 Å². The van der Waals surface area contributed by atoms with Gasteiger partial charge in [0.2, 0.25) is 0 Å². The van der Waals surface area contributed by atoms with E-state index in [9.17, 15) is 0 Å². The summed E-state index contributed by atoms with van der Waals surface area (Å²) in [6, 6.07) is 6.12. The van der Waals surface area contributed by atoms with E-state index in [1.54, 1.807) is 0 Å². The van der Waals surface area contributed by atoms with Gasteiger partial charge in [0.1, 0.15) is 0 Å². The average Bonchev–Trinajstić information content (AvgIpc) is 2.72. The van der Waals surface area contributed by atoms with Gasteiger partial charge < -0.3 is 10.6 Å². The molecule has 1 atom stereocenters. The molecule has 0 bridgehead atoms. The molecule has 0 radical (unpaired) electrons. The number of benzene rings is 1. The molecule has 1 aromatic carbocycles. The predicted molar refractivity (Wildman–Crippen MR) is 71.8 cm³/mol. The van der Waals surface area contributed by atoms with Crippen molar-refractivity contribution >= 4 is 35.6 Å². The molecule has 90 valence electrons. The molecule has 2 nitrogen and oxygen atoms in total. The topological polar surface area (TPSA) is 24.1 Å². The normalized spacial score (nSPS) is 19.5. The zero-order chi connectivity index (χ0) is 10.7. The molecule has 0 spiro atoms. The maximum absolute atomic E-state index is 6.07. The van der Waals surface area contributed by atoms with Crippen LogP contribution in [0.1, 0.15) is 12.0 Å². The Balaban J connectivity index is 0.00000128. The highest BCUT2D eigenvalue weighted by Gasteiger charge is 2.13. The first-order chi connectivity index (χ1) is 7.25. The van der Waals surface area contributed by atoms with E-state index in [4.69, 9.17) is 23.2 Å². The Morgan fingerprint density at radius 2 is 2.19 bits per heavy atom. The fourth-order valence-electron chi connectivity index (χ4n) is 1.76. The van der Waals surface area contributed by atoms with Gasteiger partial charge in [0.25, 0.3) is 0 Å². The molecule has 5 heteroatoms. The summed E-state index contributed by atoms with van der Waals surface area (Å²) in [5, 5.41) is 8.29. The van der Waals surface area contributed by atoms with E-state index in [0.717, 1.165) is 35.2 Å². The van der Waals surface area contributed by atoms with Crippen LogP contribution in [0, 0.1) is 0 Å². The third kappa shape index (κ3) is 3.79. The first kappa shape index (κ1) is 14.1. The SMILES string of the molecule is Cl.Clc1ccc(Cl)c(CNC2CCNC2)c1. The largest absolute Gasteiger partial charge is 0.315 e. The number of rotatable bonds is 3. The summed E-state index contributed by atoms with van der Waals surface area (Å²) in [5.74, 6) is 0. The van der Waals surface area contributed by atoms with Gasteiger partial charge in [0, 0.05) is 29.2 Å². The number of nitrogens with one attached hydrogen (secondary N) is 2. The number of hydrogen-bond acceptors (Lipinski definition) is 2. The van der Waals surface area contributed by atoms with Crippen molar-refractivity contribution in [1.29, 1.82) is 0 Å². The molecule has 1 aliphatic rings. The molecule has 0 amide bonds. The highest BCUT2D eigenvalue weighted by molar-refractivity contribution is 6.33. The summed E-state index contributed by atoms with van der Waals surface area (Å²) in [6.07, 6.45) is 1.18. The molecule has 1 fully saturated rings. The van der Waals surface area contributed by atoms with Crippen LogP contribution in [0.5, 0.6) is 0 Å². The summed E-state index contributed by atoms with van der Waals surface area (Å²) >= 11 is 12.0. The van der Waals surface area contributed by atoms with Crippen LogP contribution in [0.4, 0.5) is 0 Å². The van der Waals surface area contributed by atoms with Crippen molar-refractivity contribution in [1.82, 2.24) is 10.6 Å². The van der Waals surface area contributed by atoms with Crippen molar-refractivity contribution in [3.63, 3.8) is 0 Å². The second-order valence-corrected chi connectivity index (χ2v) is 4.65. The standard InChI is InChI=1S/C11H14Cl2N2.ClH/c12-9-1-2-11(13)8(5-9)6-15-10-3-4-14-7-10;/h1-2,5,10,14-15H,3-4,6-7H2;1H. The summed E-state index contributed by atoms with van der Waals surface area (Å²) in [5.41, 5.74) is 1.07. The predicted octanol–water partition coefficient (Wildman–Crippen LogP) is 2.87. The van der Waals surface area contributed by atoms with Crippen LogP contribution in [0.15, 0.2) is 18.2 Å². The minimum atomic E-state index is 0. The summed E-state index contributed by atoms with van der Waals surface area (Å²) in [4.78, 5) is 0. The van der Waals surface area contributed by atoms with Crippen molar-refractivity contribution in [2.45, 2.75) is 19.0 Å². The van der Waals surface area contributed by atoms with E-state index in [0.29, 0.717) is 6.04 Å². The zero-order valence-corrected chi connectivity index (χ0v) is 11.1. The second-order valence-electron chi connectivity index (χ2n) is 3.81. The Hall–Kier alpha value is 0.01000. The number of halogens is 3. The lowest BCUT2D eigenvalue weighted by molar-refractivity contribution is 0.547. The van der Waals surface area contributed by atoms with E-state index in [1.165, 1.54) is 6.42 Å². The molecule has 0 aromatic heterocycles. The van der Waals surface area contributed by atoms with E-state index >= 15 is 0 Å². The van der Waals surface area contributed by atoms with Gasteiger partial charge in [-0.3, -0.25) is 0 Å². The maximum Gasteiger partial charge on any atom is 0.0451 e. The Labute approximate surface area is 112 Å². The fourth-order valence-corrected chi connectivity index (χ4v) is 2.14. The lowest BCUT2D eigenvalue weighted by atomic mass is 10.2. The van der Waals surface area contributed by atoms with Crippen LogP contribution in [-0.4, -0.2) is 19.1 Å². The quantitative estimate of drug-likeness (QED) is 0.890. The van der Waals surface area contributed by atoms with Gasteiger partial charge in [-0.25, -0.2) is 0 Å². The third-order valence-corrected chi connectivity index (χ3v) is 3.25. The Morgan fingerprint density at radius 1 is 1.38 bits per heavy atom. The Bertz CT molecular complexity index is 338. The third-order valence-electron chi connectivity index (χ3n) is 2.65. The molecule has 0 saturated carbocycles. The Kier molecular flexibility index (Phi) is 5.87. The molecule has 1 heterocycles. The van der Waals surface area contributed by atoms with Crippen molar-refractivity contribution < 1.29 is 0 Å². The van der Waals surface area contributed by atoms with Crippen molar-refractivity contribution in [3.8, 4) is 0 Å². The van der Waals surface area contributed by atoms with Gasteiger partial charge in [-0.15, -0.1) is 12.4 Å². The molecule has 1 saturated heterocycles. The van der Waals surface area contributed by atoms with E-state index < -0.39 is 0 Å². The van der Waals surface area contributed by atoms with Gasteiger partial charge in [-0.05, 0) is 36.7 Å². The van der Waals surface area contributed by atoms with Crippen LogP contribution >= 0.6 is 35.6 Å². The van der Waals surface area contributed by atoms with Gasteiger partial charge in [0.05, 0.1) is 0 Å². The second kappa shape index (κ2) is 6.67. The van der Waals surface area contributed by atoms with E-state index in [-0.39, 0.29) is 12.4 Å². The first-order valence-electron chi connectivity index (χ1n) is 5.14. The van der Waals surface area contributed by atoms with Crippen LogP contribution in [0.2, 0.25) is 10.0 Å². The first-order valence-corrected chi connectivity index (χ1v) is 5.89. The van der Waals surface area contributed by atoms with Crippen LogP contribution < -0.4 is 10.6 Å². The van der Waals surface area contributed by atoms with Crippen LogP contribution in [0.25, 0.3) is 0 Å². The maximum atomic E-state index is 6.07. The fraction of sp³-hybridized carbons (Fsp3) is 0.455. The summed E-state index contributed by atoms with van der Waals surface area (Å²) < 4.78 is 0. The smallest absolute Gasteiger partial charge is 0.0451 e. The molecule has 1 aromatic rings. The highest BCUT2D eigenvalue weighted by Crippen LogP contribution is 2.20. The van der Waals surface area contributed by atoms with Crippen molar-refractivity contribution in [2.75, 3.05) is 13.1 Å². The molecule has 2 N–H and O–H groups in total. The molecule has 1 aliphatic heterocycles. The lowest BCUT2D eigenvalue weighted by Crippen LogP contribution is -2.30. The summed E-state index contributed by atoms with van der Waals surface area (Å²) in [6.45, 7) is 2.92. The molecule has 2 rings (SSSR count). The van der Waals surface area contributed by atoms with E-state index in [2.05, 4.69) is 10.6 Å².